The summed E-state index contributed by atoms with van der Waals surface area (Å²) < 4.78 is 44.5. The van der Waals surface area contributed by atoms with Crippen LogP contribution >= 0.6 is 0 Å². The van der Waals surface area contributed by atoms with E-state index in [0.29, 0.717) is 4.68 Å². The molecule has 1 N–H and O–H groups in total. The van der Waals surface area contributed by atoms with Gasteiger partial charge in [0.25, 0.3) is 0 Å². The smallest absolute Gasteiger partial charge is 0.152 e. The molecule has 2 heterocycles. The molecule has 0 saturated heterocycles. The van der Waals surface area contributed by atoms with E-state index in [2.05, 4.69) is 20.2 Å². The molecule has 0 amide bonds. The summed E-state index contributed by atoms with van der Waals surface area (Å²) in [5.74, 6) is -0.444. The van der Waals surface area contributed by atoms with Crippen LogP contribution in [0.2, 0.25) is 0 Å². The van der Waals surface area contributed by atoms with Gasteiger partial charge in [0, 0.05) is 13.0 Å². The molecule has 0 aliphatic carbocycles. The Morgan fingerprint density at radius 3 is 2.50 bits per heavy atom. The van der Waals surface area contributed by atoms with Crippen molar-refractivity contribution in [3.8, 4) is 0 Å². The molecular formula is C9H16N6O. The zero-order valence-electron chi connectivity index (χ0n) is 14.9. The Morgan fingerprint density at radius 1 is 1.31 bits per heavy atom. The Bertz CT molecular complexity index is 552. The third-order valence-corrected chi connectivity index (χ3v) is 1.51. The van der Waals surface area contributed by atoms with Gasteiger partial charge in [-0.25, -0.2) is 14.6 Å². The van der Waals surface area contributed by atoms with Gasteiger partial charge in [-0.3, -0.25) is 4.68 Å². The Balaban J connectivity index is 0.000000235. The average molecular weight is 230 g/mol. The van der Waals surface area contributed by atoms with Crippen LogP contribution in [0.1, 0.15) is 27.9 Å². The van der Waals surface area contributed by atoms with Crippen molar-refractivity contribution >= 4 is 0 Å². The standard InChI is InChI=1S/C5H9N3O.C4H7N3/c1-2-8-5(3-9)6-4-7-8;1-2-7-4-5-3-6-7/h4,9H,2-3H2,1H3;3-4H,2H2,1H3/i2D2,3D2;2D2. The van der Waals surface area contributed by atoms with E-state index in [4.69, 9.17) is 13.3 Å². The third kappa shape index (κ3) is 3.43. The Hall–Kier alpha value is -1.76. The van der Waals surface area contributed by atoms with E-state index in [1.54, 1.807) is 0 Å². The van der Waals surface area contributed by atoms with Crippen molar-refractivity contribution in [1.29, 1.82) is 0 Å². The highest BCUT2D eigenvalue weighted by atomic mass is 16.3. The zero-order valence-corrected chi connectivity index (χ0v) is 8.86. The van der Waals surface area contributed by atoms with Crippen LogP contribution in [0.15, 0.2) is 19.0 Å². The Morgan fingerprint density at radius 2 is 2.12 bits per heavy atom. The third-order valence-electron chi connectivity index (χ3n) is 1.51. The van der Waals surface area contributed by atoms with Crippen molar-refractivity contribution in [2.75, 3.05) is 0 Å². The van der Waals surface area contributed by atoms with Gasteiger partial charge in [-0.15, -0.1) is 0 Å². The van der Waals surface area contributed by atoms with Crippen LogP contribution in [-0.2, 0) is 19.6 Å². The van der Waals surface area contributed by atoms with Crippen molar-refractivity contribution in [3.05, 3.63) is 24.8 Å². The molecule has 0 spiro atoms. The second kappa shape index (κ2) is 6.67. The highest BCUT2D eigenvalue weighted by Crippen LogP contribution is 1.90. The van der Waals surface area contributed by atoms with E-state index in [-0.39, 0.29) is 0 Å². The number of hydrogen-bond donors (Lipinski definition) is 1. The van der Waals surface area contributed by atoms with Gasteiger partial charge in [-0.05, 0) is 13.8 Å². The molecule has 7 nitrogen and oxygen atoms in total. The van der Waals surface area contributed by atoms with Gasteiger partial charge in [0.1, 0.15) is 25.5 Å². The molecule has 0 bridgehead atoms. The van der Waals surface area contributed by atoms with Crippen LogP contribution in [0.25, 0.3) is 0 Å². The maximum absolute atomic E-state index is 8.97. The first-order valence-corrected chi connectivity index (χ1v) is 4.32. The lowest BCUT2D eigenvalue weighted by atomic mass is 10.6. The highest BCUT2D eigenvalue weighted by molar-refractivity contribution is 4.79. The first kappa shape index (κ1) is 6.09. The van der Waals surface area contributed by atoms with Crippen LogP contribution in [0.4, 0.5) is 0 Å². The van der Waals surface area contributed by atoms with Crippen molar-refractivity contribution < 1.29 is 13.3 Å². The second-order valence-corrected chi connectivity index (χ2v) is 2.39. The summed E-state index contributed by atoms with van der Waals surface area (Å²) in [5.41, 5.74) is 0. The molecule has 0 aliphatic rings. The molecular weight excluding hydrogens is 208 g/mol. The largest absolute Gasteiger partial charge is 0.388 e. The lowest BCUT2D eigenvalue weighted by Crippen LogP contribution is -2.02. The van der Waals surface area contributed by atoms with Crippen LogP contribution < -0.4 is 0 Å². The van der Waals surface area contributed by atoms with Gasteiger partial charge in [0.2, 0.25) is 0 Å². The number of aromatic nitrogens is 6. The normalized spacial score (nSPS) is 17.9. The fraction of sp³-hybridized carbons (Fsp3) is 0.556. The van der Waals surface area contributed by atoms with Crippen molar-refractivity contribution in [1.82, 2.24) is 29.5 Å². The predicted molar refractivity (Wildman–Crippen MR) is 57.3 cm³/mol. The van der Waals surface area contributed by atoms with E-state index in [1.807, 2.05) is 0 Å². The van der Waals surface area contributed by atoms with Crippen LogP contribution in [0, 0.1) is 0 Å². The summed E-state index contributed by atoms with van der Waals surface area (Å²) in [7, 11) is 0. The summed E-state index contributed by atoms with van der Waals surface area (Å²) in [6.45, 7) is -3.39. The van der Waals surface area contributed by atoms with E-state index in [9.17, 15) is 0 Å². The van der Waals surface area contributed by atoms with Gasteiger partial charge in [-0.1, -0.05) is 0 Å². The average Bonchev–Trinajstić information content (AvgIpc) is 2.99. The number of nitrogens with zero attached hydrogens (tertiary/aromatic N) is 6. The minimum absolute atomic E-state index is 0.444. The summed E-state index contributed by atoms with van der Waals surface area (Å²) >= 11 is 0. The van der Waals surface area contributed by atoms with Crippen LogP contribution in [0.3, 0.4) is 0 Å². The number of hydrogen-bond acceptors (Lipinski definition) is 5. The van der Waals surface area contributed by atoms with Gasteiger partial charge in [-0.2, -0.15) is 10.2 Å². The maximum atomic E-state index is 8.97. The zero-order chi connectivity index (χ0) is 17.2. The first-order valence-electron chi connectivity index (χ1n) is 7.32. The van der Waals surface area contributed by atoms with Crippen molar-refractivity contribution in [2.45, 2.75) is 33.4 Å². The molecule has 0 fully saturated rings. The van der Waals surface area contributed by atoms with Gasteiger partial charge < -0.3 is 5.11 Å². The van der Waals surface area contributed by atoms with Crippen molar-refractivity contribution in [2.24, 2.45) is 0 Å². The summed E-state index contributed by atoms with van der Waals surface area (Å²) in [6, 6.07) is 0. The number of aryl methyl sites for hydroxylation is 2. The maximum Gasteiger partial charge on any atom is 0.152 e. The van der Waals surface area contributed by atoms with E-state index in [1.165, 1.54) is 26.5 Å². The van der Waals surface area contributed by atoms with Crippen LogP contribution in [-0.4, -0.2) is 34.6 Å². The lowest BCUT2D eigenvalue weighted by molar-refractivity contribution is 0.263. The van der Waals surface area contributed by atoms with E-state index < -0.39 is 25.4 Å². The molecule has 7 heteroatoms. The van der Waals surface area contributed by atoms with Gasteiger partial charge >= 0.3 is 0 Å². The molecule has 2 aromatic heterocycles. The molecule has 0 saturated carbocycles. The van der Waals surface area contributed by atoms with Gasteiger partial charge in [0.15, 0.2) is 5.82 Å². The van der Waals surface area contributed by atoms with Gasteiger partial charge in [0.05, 0.1) is 8.22 Å². The SMILES string of the molecule is [2H]C([2H])(C)n1cncn1.[2H]C([2H])(O)c1ncnn1C([2H])([2H])C. The number of rotatable bonds is 3. The monoisotopic (exact) mass is 230 g/mol. The molecule has 0 aromatic carbocycles. The molecule has 2 rings (SSSR count). The summed E-state index contributed by atoms with van der Waals surface area (Å²) in [5, 5.41) is 16.1. The highest BCUT2D eigenvalue weighted by Gasteiger charge is 1.97. The Labute approximate surface area is 102 Å². The lowest BCUT2D eigenvalue weighted by Gasteiger charge is -1.95. The molecule has 0 atom stereocenters. The Kier molecular flexibility index (Phi) is 2.54. The number of aliphatic hydroxyl groups is 1. The molecule has 88 valence electrons. The fourth-order valence-electron chi connectivity index (χ4n) is 0.805. The van der Waals surface area contributed by atoms with Crippen molar-refractivity contribution in [3.63, 3.8) is 0 Å². The van der Waals surface area contributed by atoms with Crippen LogP contribution in [0.5, 0.6) is 0 Å². The molecule has 0 aliphatic heterocycles. The second-order valence-electron chi connectivity index (χ2n) is 2.39. The first-order chi connectivity index (χ1) is 9.83. The molecule has 0 radical (unpaired) electrons. The minimum atomic E-state index is -2.68. The van der Waals surface area contributed by atoms with E-state index >= 15 is 0 Å². The summed E-state index contributed by atoms with van der Waals surface area (Å²) in [4.78, 5) is 7.04. The molecule has 2 aromatic rings. The molecule has 16 heavy (non-hydrogen) atoms. The minimum Gasteiger partial charge on any atom is -0.388 e. The topological polar surface area (TPSA) is 81.7 Å². The quantitative estimate of drug-likeness (QED) is 0.808. The molecule has 0 unspecified atom stereocenters. The van der Waals surface area contributed by atoms with E-state index in [0.717, 1.165) is 11.0 Å². The fourth-order valence-corrected chi connectivity index (χ4v) is 0.805. The predicted octanol–water partition coefficient (Wildman–Crippen LogP) is 0.0883. The summed E-state index contributed by atoms with van der Waals surface area (Å²) in [6.07, 6.45) is 3.64.